The van der Waals surface area contributed by atoms with E-state index in [-0.39, 0.29) is 18.3 Å². The van der Waals surface area contributed by atoms with Crippen molar-refractivity contribution < 1.29 is 4.79 Å². The van der Waals surface area contributed by atoms with Gasteiger partial charge in [0.25, 0.3) is 5.91 Å². The van der Waals surface area contributed by atoms with Crippen LogP contribution in [0, 0.1) is 17.8 Å². The summed E-state index contributed by atoms with van der Waals surface area (Å²) >= 11 is 1.50. The highest BCUT2D eigenvalue weighted by atomic mass is 35.5. The average molecular weight is 356 g/mol. The Morgan fingerprint density at radius 1 is 1.35 bits per heavy atom. The number of carbonyl (C=O) groups excluding carboxylic acids is 1. The van der Waals surface area contributed by atoms with Crippen LogP contribution >= 0.6 is 23.7 Å². The van der Waals surface area contributed by atoms with Crippen LogP contribution in [0.2, 0.25) is 0 Å². The first-order chi connectivity index (χ1) is 10.7. The monoisotopic (exact) mass is 355 g/mol. The smallest absolute Gasteiger partial charge is 0.273 e. The molecule has 0 spiro atoms. The molecule has 4 nitrogen and oxygen atoms in total. The second kappa shape index (κ2) is 7.08. The fourth-order valence-electron chi connectivity index (χ4n) is 5.01. The van der Waals surface area contributed by atoms with Gasteiger partial charge >= 0.3 is 0 Å². The highest BCUT2D eigenvalue weighted by Gasteiger charge is 2.42. The minimum Gasteiger partial charge on any atom is -0.334 e. The molecule has 3 aliphatic rings. The number of aromatic nitrogens is 1. The third-order valence-corrected chi connectivity index (χ3v) is 6.91. The molecular formula is C17H26ClN3OS. The zero-order valence-corrected chi connectivity index (χ0v) is 15.1. The topological polar surface area (TPSA) is 59.2 Å². The summed E-state index contributed by atoms with van der Waals surface area (Å²) in [5.41, 5.74) is 6.21. The van der Waals surface area contributed by atoms with Crippen molar-refractivity contribution in [3.63, 3.8) is 0 Å². The van der Waals surface area contributed by atoms with Crippen molar-refractivity contribution >= 4 is 29.7 Å². The van der Waals surface area contributed by atoms with Crippen molar-refractivity contribution in [1.29, 1.82) is 0 Å². The second-order valence-electron chi connectivity index (χ2n) is 7.30. The first-order valence-corrected chi connectivity index (χ1v) is 9.58. The summed E-state index contributed by atoms with van der Waals surface area (Å²) in [6.45, 7) is 1.33. The molecule has 2 saturated carbocycles. The molecule has 1 aromatic heterocycles. The Kier molecular flexibility index (Phi) is 5.29. The van der Waals surface area contributed by atoms with Crippen molar-refractivity contribution in [3.8, 4) is 0 Å². The molecule has 4 atom stereocenters. The molecule has 1 aliphatic heterocycles. The standard InChI is InChI=1S/C17H25N3OS.ClH/c18-9-16-19-15(10-22-16)17(21)20-5-1-2-14(20)8-13-7-11-3-4-12(13)6-11;/h10-14H,1-9,18H2;1H. The normalized spacial score (nSPS) is 32.3. The summed E-state index contributed by atoms with van der Waals surface area (Å²) in [5.74, 6) is 2.94. The fraction of sp³-hybridized carbons (Fsp3) is 0.765. The lowest BCUT2D eigenvalue weighted by molar-refractivity contribution is 0.0702. The van der Waals surface area contributed by atoms with E-state index in [9.17, 15) is 4.79 Å². The summed E-state index contributed by atoms with van der Waals surface area (Å²) < 4.78 is 0. The Labute approximate surface area is 148 Å². The van der Waals surface area contributed by atoms with Gasteiger partial charge in [0.1, 0.15) is 10.7 Å². The molecule has 6 heteroatoms. The van der Waals surface area contributed by atoms with Crippen LogP contribution in [0.5, 0.6) is 0 Å². The summed E-state index contributed by atoms with van der Waals surface area (Å²) in [7, 11) is 0. The summed E-state index contributed by atoms with van der Waals surface area (Å²) in [6, 6.07) is 0.444. The third kappa shape index (κ3) is 3.28. The van der Waals surface area contributed by atoms with Gasteiger partial charge in [-0.05, 0) is 56.3 Å². The maximum absolute atomic E-state index is 12.7. The summed E-state index contributed by atoms with van der Waals surface area (Å²) in [5, 5.41) is 2.73. The lowest BCUT2D eigenvalue weighted by Gasteiger charge is -2.30. The first kappa shape index (κ1) is 17.2. The minimum absolute atomic E-state index is 0. The van der Waals surface area contributed by atoms with E-state index in [1.165, 1.54) is 49.9 Å². The molecule has 2 aliphatic carbocycles. The van der Waals surface area contributed by atoms with Crippen LogP contribution in [0.4, 0.5) is 0 Å². The molecule has 0 radical (unpaired) electrons. The van der Waals surface area contributed by atoms with Gasteiger partial charge in [-0.3, -0.25) is 4.79 Å². The van der Waals surface area contributed by atoms with Gasteiger partial charge in [0, 0.05) is 24.5 Å². The van der Waals surface area contributed by atoms with Gasteiger partial charge in [-0.15, -0.1) is 23.7 Å². The number of likely N-dealkylation sites (tertiary alicyclic amines) is 1. The van der Waals surface area contributed by atoms with Gasteiger partial charge in [0.15, 0.2) is 0 Å². The van der Waals surface area contributed by atoms with Gasteiger partial charge in [-0.25, -0.2) is 4.98 Å². The van der Waals surface area contributed by atoms with Crippen molar-refractivity contribution in [2.45, 2.75) is 57.5 Å². The molecule has 0 aromatic carbocycles. The number of hydrogen-bond acceptors (Lipinski definition) is 4. The van der Waals surface area contributed by atoms with E-state index < -0.39 is 0 Å². The van der Waals surface area contributed by atoms with E-state index in [1.54, 1.807) is 0 Å². The molecule has 128 valence electrons. The van der Waals surface area contributed by atoms with Crippen LogP contribution in [0.25, 0.3) is 0 Å². The maximum Gasteiger partial charge on any atom is 0.273 e. The number of halogens is 1. The predicted molar refractivity (Wildman–Crippen MR) is 94.9 cm³/mol. The van der Waals surface area contributed by atoms with Crippen LogP contribution in [0.15, 0.2) is 5.38 Å². The van der Waals surface area contributed by atoms with Crippen LogP contribution < -0.4 is 5.73 Å². The molecule has 23 heavy (non-hydrogen) atoms. The molecular weight excluding hydrogens is 330 g/mol. The van der Waals surface area contributed by atoms with Gasteiger partial charge in [-0.1, -0.05) is 6.42 Å². The molecule has 1 saturated heterocycles. The summed E-state index contributed by atoms with van der Waals surface area (Å²) in [4.78, 5) is 19.2. The number of fused-ring (bicyclic) bond motifs is 2. The predicted octanol–water partition coefficient (Wildman–Crippen LogP) is 3.45. The van der Waals surface area contributed by atoms with E-state index in [1.807, 2.05) is 5.38 Å². The van der Waals surface area contributed by atoms with Crippen LogP contribution in [0.1, 0.15) is 60.4 Å². The third-order valence-electron chi connectivity index (χ3n) is 6.04. The zero-order chi connectivity index (χ0) is 15.1. The number of carbonyl (C=O) groups is 1. The largest absolute Gasteiger partial charge is 0.334 e. The number of rotatable bonds is 4. The van der Waals surface area contributed by atoms with E-state index in [0.29, 0.717) is 18.3 Å². The minimum atomic E-state index is 0. The molecule has 1 amide bonds. The molecule has 4 rings (SSSR count). The van der Waals surface area contributed by atoms with Crippen molar-refractivity contribution in [1.82, 2.24) is 9.88 Å². The van der Waals surface area contributed by atoms with Crippen molar-refractivity contribution in [2.75, 3.05) is 6.54 Å². The highest BCUT2D eigenvalue weighted by molar-refractivity contribution is 7.09. The Morgan fingerprint density at radius 2 is 2.22 bits per heavy atom. The number of nitrogens with zero attached hydrogens (tertiary/aromatic N) is 2. The van der Waals surface area contributed by atoms with Crippen LogP contribution in [-0.4, -0.2) is 28.4 Å². The van der Waals surface area contributed by atoms with Gasteiger partial charge in [0.2, 0.25) is 0 Å². The van der Waals surface area contributed by atoms with Gasteiger partial charge < -0.3 is 10.6 Å². The number of amides is 1. The van der Waals surface area contributed by atoms with Gasteiger partial charge in [0.05, 0.1) is 0 Å². The van der Waals surface area contributed by atoms with Crippen molar-refractivity contribution in [2.24, 2.45) is 23.5 Å². The molecule has 1 aromatic rings. The number of thiazole rings is 1. The van der Waals surface area contributed by atoms with Crippen LogP contribution in [-0.2, 0) is 6.54 Å². The lowest BCUT2D eigenvalue weighted by Crippen LogP contribution is -2.37. The Morgan fingerprint density at radius 3 is 2.87 bits per heavy atom. The Bertz CT molecular complexity index is 564. The zero-order valence-electron chi connectivity index (χ0n) is 13.4. The average Bonchev–Trinajstić information content (AvgIpc) is 3.30. The fourth-order valence-corrected chi connectivity index (χ4v) is 5.66. The Balaban J connectivity index is 0.00000156. The lowest BCUT2D eigenvalue weighted by atomic mass is 9.83. The van der Waals surface area contributed by atoms with E-state index in [4.69, 9.17) is 5.73 Å². The highest BCUT2D eigenvalue weighted by Crippen LogP contribution is 2.50. The Hall–Kier alpha value is -0.650. The first-order valence-electron chi connectivity index (χ1n) is 8.70. The van der Waals surface area contributed by atoms with E-state index in [2.05, 4.69) is 9.88 Å². The van der Waals surface area contributed by atoms with Crippen LogP contribution in [0.3, 0.4) is 0 Å². The summed E-state index contributed by atoms with van der Waals surface area (Å²) in [6.07, 6.45) is 9.30. The second-order valence-corrected chi connectivity index (χ2v) is 8.24. The number of hydrogen-bond donors (Lipinski definition) is 1. The van der Waals surface area contributed by atoms with Gasteiger partial charge in [-0.2, -0.15) is 0 Å². The molecule has 4 unspecified atom stereocenters. The molecule has 3 fully saturated rings. The molecule has 2 N–H and O–H groups in total. The SMILES string of the molecule is Cl.NCc1nc(C(=O)N2CCCC2CC2CC3CCC2C3)cs1. The maximum atomic E-state index is 12.7. The molecule has 2 bridgehead atoms. The van der Waals surface area contributed by atoms with E-state index >= 15 is 0 Å². The van der Waals surface area contributed by atoms with Crippen molar-refractivity contribution in [3.05, 3.63) is 16.1 Å². The number of nitrogens with two attached hydrogens (primary N) is 1. The quantitative estimate of drug-likeness (QED) is 0.899. The van der Waals surface area contributed by atoms with E-state index in [0.717, 1.165) is 35.7 Å². The molecule has 2 heterocycles.